The largest absolute Gasteiger partial charge is 0.339 e. The fourth-order valence-electron chi connectivity index (χ4n) is 2.73. The van der Waals surface area contributed by atoms with Gasteiger partial charge >= 0.3 is 0 Å². The lowest BCUT2D eigenvalue weighted by molar-refractivity contribution is 0.0712. The second-order valence-corrected chi connectivity index (χ2v) is 5.68. The van der Waals surface area contributed by atoms with Crippen LogP contribution in [0.1, 0.15) is 47.4 Å². The van der Waals surface area contributed by atoms with Gasteiger partial charge in [-0.15, -0.1) is 12.4 Å². The second-order valence-electron chi connectivity index (χ2n) is 5.68. The number of carbonyl (C=O) groups is 2. The molecule has 0 spiro atoms. The number of amides is 2. The van der Waals surface area contributed by atoms with Crippen molar-refractivity contribution in [2.45, 2.75) is 32.7 Å². The summed E-state index contributed by atoms with van der Waals surface area (Å²) in [5.74, 6) is 0.0293. The Morgan fingerprint density at radius 3 is 2.04 bits per heavy atom. The number of nitrogens with zero attached hydrogens (tertiary/aromatic N) is 2. The molecule has 1 saturated heterocycles. The number of carbonyl (C=O) groups excluding carboxylic acids is 2. The SMILES string of the molecule is CCN(CC)C(=O)c1ccc(C(=O)N2CCC(N)CC2)cc1.Cl. The summed E-state index contributed by atoms with van der Waals surface area (Å²) >= 11 is 0. The summed E-state index contributed by atoms with van der Waals surface area (Å²) in [7, 11) is 0. The zero-order valence-electron chi connectivity index (χ0n) is 13.8. The van der Waals surface area contributed by atoms with Crippen LogP contribution in [-0.4, -0.2) is 53.8 Å². The average Bonchev–Trinajstić information content (AvgIpc) is 2.56. The van der Waals surface area contributed by atoms with Crippen molar-refractivity contribution in [1.29, 1.82) is 0 Å². The zero-order valence-corrected chi connectivity index (χ0v) is 14.6. The molecule has 6 heteroatoms. The monoisotopic (exact) mass is 339 g/mol. The number of hydrogen-bond acceptors (Lipinski definition) is 3. The third kappa shape index (κ3) is 4.69. The van der Waals surface area contributed by atoms with Crippen LogP contribution in [0.25, 0.3) is 0 Å². The summed E-state index contributed by atoms with van der Waals surface area (Å²) in [5.41, 5.74) is 7.12. The van der Waals surface area contributed by atoms with Crippen LogP contribution in [0.3, 0.4) is 0 Å². The molecule has 0 saturated carbocycles. The van der Waals surface area contributed by atoms with E-state index >= 15 is 0 Å². The molecular formula is C17H26ClN3O2. The van der Waals surface area contributed by atoms with Crippen molar-refractivity contribution in [2.75, 3.05) is 26.2 Å². The molecule has 0 bridgehead atoms. The molecular weight excluding hydrogens is 314 g/mol. The first-order valence-corrected chi connectivity index (χ1v) is 8.01. The Bertz CT molecular complexity index is 521. The van der Waals surface area contributed by atoms with Gasteiger partial charge in [-0.3, -0.25) is 9.59 Å². The molecule has 1 aliphatic rings. The Kier molecular flexibility index (Phi) is 7.52. The second kappa shape index (κ2) is 8.89. The average molecular weight is 340 g/mol. The van der Waals surface area contributed by atoms with E-state index in [4.69, 9.17) is 5.73 Å². The minimum atomic E-state index is 0. The van der Waals surface area contributed by atoms with Gasteiger partial charge in [0.1, 0.15) is 0 Å². The fraction of sp³-hybridized carbons (Fsp3) is 0.529. The molecule has 0 aliphatic carbocycles. The van der Waals surface area contributed by atoms with Crippen LogP contribution in [0.15, 0.2) is 24.3 Å². The lowest BCUT2D eigenvalue weighted by atomic mass is 10.0. The third-order valence-corrected chi connectivity index (χ3v) is 4.26. The van der Waals surface area contributed by atoms with E-state index in [0.717, 1.165) is 12.8 Å². The van der Waals surface area contributed by atoms with Crippen LogP contribution in [0.2, 0.25) is 0 Å². The Balaban J connectivity index is 0.00000264. The Hall–Kier alpha value is -1.59. The Labute approximate surface area is 144 Å². The van der Waals surface area contributed by atoms with Crippen molar-refractivity contribution in [3.8, 4) is 0 Å². The predicted molar refractivity (Wildman–Crippen MR) is 94.1 cm³/mol. The number of piperidine rings is 1. The summed E-state index contributed by atoms with van der Waals surface area (Å²) in [4.78, 5) is 28.3. The maximum absolute atomic E-state index is 12.4. The molecule has 0 unspecified atom stereocenters. The molecule has 5 nitrogen and oxygen atoms in total. The van der Waals surface area contributed by atoms with Gasteiger partial charge in [0.05, 0.1) is 0 Å². The molecule has 128 valence electrons. The van der Waals surface area contributed by atoms with E-state index in [0.29, 0.717) is 37.3 Å². The molecule has 2 amide bonds. The van der Waals surface area contributed by atoms with Crippen LogP contribution >= 0.6 is 12.4 Å². The van der Waals surface area contributed by atoms with E-state index < -0.39 is 0 Å². The van der Waals surface area contributed by atoms with E-state index in [1.54, 1.807) is 29.2 Å². The summed E-state index contributed by atoms with van der Waals surface area (Å²) in [6.45, 7) is 6.70. The molecule has 1 aliphatic heterocycles. The van der Waals surface area contributed by atoms with E-state index in [9.17, 15) is 9.59 Å². The van der Waals surface area contributed by atoms with Crippen molar-refractivity contribution >= 4 is 24.2 Å². The Morgan fingerprint density at radius 2 is 1.57 bits per heavy atom. The molecule has 23 heavy (non-hydrogen) atoms. The van der Waals surface area contributed by atoms with Gasteiger partial charge in [-0.25, -0.2) is 0 Å². The van der Waals surface area contributed by atoms with Gasteiger partial charge in [0.25, 0.3) is 11.8 Å². The van der Waals surface area contributed by atoms with Gasteiger partial charge in [0.2, 0.25) is 0 Å². The number of hydrogen-bond donors (Lipinski definition) is 1. The molecule has 2 N–H and O–H groups in total. The van der Waals surface area contributed by atoms with Crippen molar-refractivity contribution in [3.63, 3.8) is 0 Å². The molecule has 1 fully saturated rings. The van der Waals surface area contributed by atoms with Gasteiger partial charge in [0, 0.05) is 43.3 Å². The number of nitrogens with two attached hydrogens (primary N) is 1. The molecule has 0 atom stereocenters. The van der Waals surface area contributed by atoms with Crippen molar-refractivity contribution in [3.05, 3.63) is 35.4 Å². The van der Waals surface area contributed by atoms with Gasteiger partial charge in [0.15, 0.2) is 0 Å². The number of likely N-dealkylation sites (tertiary alicyclic amines) is 1. The highest BCUT2D eigenvalue weighted by Crippen LogP contribution is 2.14. The normalized spacial score (nSPS) is 15.0. The maximum Gasteiger partial charge on any atom is 0.253 e. The third-order valence-electron chi connectivity index (χ3n) is 4.26. The standard InChI is InChI=1S/C17H25N3O2.ClH/c1-3-19(4-2)16(21)13-5-7-14(8-6-13)17(22)20-11-9-15(18)10-12-20;/h5-8,15H,3-4,9-12,18H2,1-2H3;1H. The summed E-state index contributed by atoms with van der Waals surface area (Å²) < 4.78 is 0. The lowest BCUT2D eigenvalue weighted by Crippen LogP contribution is -2.42. The zero-order chi connectivity index (χ0) is 16.1. The molecule has 1 aromatic rings. The predicted octanol–water partition coefficient (Wildman–Crippen LogP) is 2.15. The maximum atomic E-state index is 12.4. The molecule has 0 aromatic heterocycles. The van der Waals surface area contributed by atoms with E-state index in [1.165, 1.54) is 0 Å². The number of halogens is 1. The first-order chi connectivity index (χ1) is 10.6. The van der Waals surface area contributed by atoms with Crippen LogP contribution in [0.5, 0.6) is 0 Å². The van der Waals surface area contributed by atoms with Crippen molar-refractivity contribution in [2.24, 2.45) is 5.73 Å². The van der Waals surface area contributed by atoms with Gasteiger partial charge in [-0.1, -0.05) is 0 Å². The van der Waals surface area contributed by atoms with Crippen LogP contribution in [0.4, 0.5) is 0 Å². The van der Waals surface area contributed by atoms with E-state index in [2.05, 4.69) is 0 Å². The van der Waals surface area contributed by atoms with Crippen LogP contribution < -0.4 is 5.73 Å². The minimum Gasteiger partial charge on any atom is -0.339 e. The highest BCUT2D eigenvalue weighted by molar-refractivity contribution is 5.97. The fourth-order valence-corrected chi connectivity index (χ4v) is 2.73. The first-order valence-electron chi connectivity index (χ1n) is 8.01. The van der Waals surface area contributed by atoms with Crippen LogP contribution in [-0.2, 0) is 0 Å². The summed E-state index contributed by atoms with van der Waals surface area (Å²) in [6.07, 6.45) is 1.70. The molecule has 0 radical (unpaired) electrons. The van der Waals surface area contributed by atoms with Crippen molar-refractivity contribution in [1.82, 2.24) is 9.80 Å². The smallest absolute Gasteiger partial charge is 0.253 e. The van der Waals surface area contributed by atoms with Gasteiger partial charge in [-0.05, 0) is 51.0 Å². The van der Waals surface area contributed by atoms with Crippen LogP contribution in [0, 0.1) is 0 Å². The van der Waals surface area contributed by atoms with Crippen molar-refractivity contribution < 1.29 is 9.59 Å². The summed E-state index contributed by atoms with van der Waals surface area (Å²) in [5, 5.41) is 0. The topological polar surface area (TPSA) is 66.6 Å². The van der Waals surface area contributed by atoms with Gasteiger partial charge < -0.3 is 15.5 Å². The molecule has 1 aromatic carbocycles. The Morgan fingerprint density at radius 1 is 1.09 bits per heavy atom. The minimum absolute atomic E-state index is 0. The summed E-state index contributed by atoms with van der Waals surface area (Å²) in [6, 6.07) is 7.17. The quantitative estimate of drug-likeness (QED) is 0.914. The number of rotatable bonds is 4. The molecule has 1 heterocycles. The first kappa shape index (κ1) is 19.5. The number of benzene rings is 1. The molecule has 2 rings (SSSR count). The van der Waals surface area contributed by atoms with E-state index in [-0.39, 0.29) is 30.3 Å². The lowest BCUT2D eigenvalue weighted by Gasteiger charge is -2.30. The van der Waals surface area contributed by atoms with Gasteiger partial charge in [-0.2, -0.15) is 0 Å². The van der Waals surface area contributed by atoms with E-state index in [1.807, 2.05) is 18.7 Å². The highest BCUT2D eigenvalue weighted by Gasteiger charge is 2.22. The highest BCUT2D eigenvalue weighted by atomic mass is 35.5.